The minimum atomic E-state index is -0.574. The van der Waals surface area contributed by atoms with Gasteiger partial charge in [0.2, 0.25) is 0 Å². The van der Waals surface area contributed by atoms with Crippen LogP contribution in [0.2, 0.25) is 0 Å². The highest BCUT2D eigenvalue weighted by Gasteiger charge is 2.37. The van der Waals surface area contributed by atoms with E-state index in [0.29, 0.717) is 33.2 Å². The summed E-state index contributed by atoms with van der Waals surface area (Å²) in [5.41, 5.74) is 3.63. The Balaban J connectivity index is 1.85. The molecule has 0 unspecified atom stereocenters. The Hall–Kier alpha value is -3.84. The maximum Gasteiger partial charge on any atom is 0.278 e. The lowest BCUT2D eigenvalue weighted by Crippen LogP contribution is -2.40. The summed E-state index contributed by atoms with van der Waals surface area (Å²) in [6.07, 6.45) is 0. The Morgan fingerprint density at radius 2 is 1.55 bits per heavy atom. The van der Waals surface area contributed by atoms with Crippen LogP contribution in [-0.2, 0) is 0 Å². The topological polar surface area (TPSA) is 80.5 Å². The van der Waals surface area contributed by atoms with Gasteiger partial charge in [0.25, 0.3) is 17.5 Å². The third-order valence-corrected chi connectivity index (χ3v) is 6.45. The van der Waals surface area contributed by atoms with E-state index in [4.69, 9.17) is 0 Å². The first-order valence-corrected chi connectivity index (χ1v) is 11.0. The van der Waals surface area contributed by atoms with Gasteiger partial charge in [-0.05, 0) is 60.7 Å². The van der Waals surface area contributed by atoms with Crippen LogP contribution in [-0.4, -0.2) is 16.7 Å². The van der Waals surface area contributed by atoms with Crippen molar-refractivity contribution in [2.45, 2.75) is 13.8 Å². The summed E-state index contributed by atoms with van der Waals surface area (Å²) in [4.78, 5) is 39.7. The van der Waals surface area contributed by atoms with E-state index in [1.807, 2.05) is 44.2 Å². The summed E-state index contributed by atoms with van der Waals surface area (Å²) in [5, 5.41) is 13.1. The summed E-state index contributed by atoms with van der Waals surface area (Å²) in [5.74, 6) is -1.02. The van der Waals surface area contributed by atoms with Crippen LogP contribution in [0, 0.1) is 24.0 Å². The summed E-state index contributed by atoms with van der Waals surface area (Å²) in [6.45, 7) is 3.78. The number of anilines is 1. The van der Waals surface area contributed by atoms with Crippen molar-refractivity contribution in [2.24, 2.45) is 0 Å². The highest BCUT2D eigenvalue weighted by atomic mass is 79.9. The fourth-order valence-corrected chi connectivity index (χ4v) is 4.89. The number of hydrogen-bond donors (Lipinski definition) is 0. The fraction of sp³-hybridized carbons (Fsp3) is 0.0769. The molecule has 1 aliphatic heterocycles. The van der Waals surface area contributed by atoms with Crippen LogP contribution >= 0.6 is 15.9 Å². The van der Waals surface area contributed by atoms with E-state index in [1.54, 1.807) is 30.3 Å². The van der Waals surface area contributed by atoms with Crippen molar-refractivity contribution < 1.29 is 14.5 Å². The van der Waals surface area contributed by atoms with E-state index in [0.717, 1.165) is 20.5 Å². The zero-order valence-corrected chi connectivity index (χ0v) is 19.3. The molecule has 0 fully saturated rings. The van der Waals surface area contributed by atoms with Gasteiger partial charge >= 0.3 is 0 Å². The summed E-state index contributed by atoms with van der Waals surface area (Å²) in [7, 11) is 0. The van der Waals surface area contributed by atoms with Crippen molar-refractivity contribution in [3.8, 4) is 11.1 Å². The third kappa shape index (κ3) is 3.24. The molecule has 6 nitrogen and oxygen atoms in total. The van der Waals surface area contributed by atoms with Crippen LogP contribution < -0.4 is 4.90 Å². The second-order valence-electron chi connectivity index (χ2n) is 8.04. The number of halogens is 1. The lowest BCUT2D eigenvalue weighted by atomic mass is 9.86. The Morgan fingerprint density at radius 1 is 0.848 bits per heavy atom. The SMILES string of the molecule is Cc1ccc(N2C(=O)c3cccc4c(-c5ccc(Br)cc5C)c([N+](=O)[O-])cc(c34)C2=O)cc1. The third-order valence-electron chi connectivity index (χ3n) is 5.95. The van der Waals surface area contributed by atoms with Gasteiger partial charge < -0.3 is 0 Å². The van der Waals surface area contributed by atoms with Gasteiger partial charge in [-0.1, -0.05) is 51.8 Å². The van der Waals surface area contributed by atoms with Crippen LogP contribution in [0.25, 0.3) is 21.9 Å². The zero-order valence-electron chi connectivity index (χ0n) is 17.8. The van der Waals surface area contributed by atoms with Crippen molar-refractivity contribution in [1.82, 2.24) is 0 Å². The number of nitro groups is 1. The molecule has 1 heterocycles. The van der Waals surface area contributed by atoms with Gasteiger partial charge in [0.1, 0.15) is 0 Å². The van der Waals surface area contributed by atoms with E-state index in [-0.39, 0.29) is 11.3 Å². The molecule has 0 saturated heterocycles. The summed E-state index contributed by atoms with van der Waals surface area (Å²) in [6, 6.07) is 18.9. The molecule has 0 atom stereocenters. The van der Waals surface area contributed by atoms with E-state index in [9.17, 15) is 19.7 Å². The van der Waals surface area contributed by atoms with Gasteiger partial charge in [-0.3, -0.25) is 19.7 Å². The van der Waals surface area contributed by atoms with Gasteiger partial charge in [0.15, 0.2) is 0 Å². The van der Waals surface area contributed by atoms with Gasteiger partial charge in [-0.2, -0.15) is 0 Å². The normalized spacial score (nSPS) is 13.0. The fourth-order valence-electron chi connectivity index (χ4n) is 4.41. The van der Waals surface area contributed by atoms with Crippen molar-refractivity contribution >= 4 is 49.9 Å². The Bertz CT molecular complexity index is 1510. The van der Waals surface area contributed by atoms with E-state index in [1.165, 1.54) is 6.07 Å². The van der Waals surface area contributed by atoms with Gasteiger partial charge in [0.05, 0.1) is 21.7 Å². The van der Waals surface area contributed by atoms with Crippen LogP contribution in [0.5, 0.6) is 0 Å². The van der Waals surface area contributed by atoms with Gasteiger partial charge in [-0.15, -0.1) is 0 Å². The molecule has 2 amide bonds. The molecule has 0 N–H and O–H groups in total. The molecule has 0 aromatic heterocycles. The van der Waals surface area contributed by atoms with Gasteiger partial charge in [-0.25, -0.2) is 4.90 Å². The second-order valence-corrected chi connectivity index (χ2v) is 8.96. The molecule has 0 saturated carbocycles. The van der Waals surface area contributed by atoms with E-state index in [2.05, 4.69) is 15.9 Å². The average Bonchev–Trinajstić information content (AvgIpc) is 2.78. The monoisotopic (exact) mass is 500 g/mol. The van der Waals surface area contributed by atoms with Crippen LogP contribution in [0.1, 0.15) is 31.8 Å². The average molecular weight is 501 g/mol. The number of imide groups is 1. The molecule has 33 heavy (non-hydrogen) atoms. The number of rotatable bonds is 3. The van der Waals surface area contributed by atoms with Crippen molar-refractivity contribution in [3.63, 3.8) is 0 Å². The Labute approximate surface area is 197 Å². The number of nitro benzene ring substituents is 1. The minimum absolute atomic E-state index is 0.144. The van der Waals surface area contributed by atoms with E-state index < -0.39 is 16.7 Å². The summed E-state index contributed by atoms with van der Waals surface area (Å²) >= 11 is 3.43. The molecule has 0 bridgehead atoms. The van der Waals surface area contributed by atoms with Crippen molar-refractivity contribution in [2.75, 3.05) is 4.90 Å². The first kappa shape index (κ1) is 21.0. The Morgan fingerprint density at radius 3 is 2.21 bits per heavy atom. The number of aryl methyl sites for hydroxylation is 2. The standard InChI is InChI=1S/C26H17BrN2O4/c1-14-6-9-17(10-7-14)28-25(30)20-5-3-4-19-23(20)21(26(28)31)13-22(29(32)33)24(19)18-11-8-16(27)12-15(18)2/h3-13H,1-2H3. The number of carbonyl (C=O) groups is 2. The quantitative estimate of drug-likeness (QED) is 0.180. The molecule has 0 radical (unpaired) electrons. The summed E-state index contributed by atoms with van der Waals surface area (Å²) < 4.78 is 0.855. The molecule has 162 valence electrons. The predicted octanol–water partition coefficient (Wildman–Crippen LogP) is 6.59. The maximum atomic E-state index is 13.5. The van der Waals surface area contributed by atoms with E-state index >= 15 is 0 Å². The smallest absolute Gasteiger partial charge is 0.268 e. The zero-order chi connectivity index (χ0) is 23.4. The van der Waals surface area contributed by atoms with Crippen molar-refractivity contribution in [3.05, 3.63) is 104 Å². The number of carbonyl (C=O) groups excluding carboxylic acids is 2. The first-order valence-electron chi connectivity index (χ1n) is 10.2. The molecule has 7 heteroatoms. The maximum absolute atomic E-state index is 13.5. The molecular weight excluding hydrogens is 484 g/mol. The molecular formula is C26H17BrN2O4. The minimum Gasteiger partial charge on any atom is -0.268 e. The number of hydrogen-bond acceptors (Lipinski definition) is 4. The first-order chi connectivity index (χ1) is 15.8. The molecule has 0 aliphatic carbocycles. The molecule has 5 rings (SSSR count). The highest BCUT2D eigenvalue weighted by molar-refractivity contribution is 9.10. The van der Waals surface area contributed by atoms with Crippen LogP contribution in [0.4, 0.5) is 11.4 Å². The molecule has 0 spiro atoms. The lowest BCUT2D eigenvalue weighted by molar-refractivity contribution is -0.384. The van der Waals surface area contributed by atoms with Crippen LogP contribution in [0.3, 0.4) is 0 Å². The van der Waals surface area contributed by atoms with Crippen molar-refractivity contribution in [1.29, 1.82) is 0 Å². The van der Waals surface area contributed by atoms with Gasteiger partial charge in [0, 0.05) is 21.5 Å². The molecule has 4 aromatic carbocycles. The number of amides is 2. The predicted molar refractivity (Wildman–Crippen MR) is 131 cm³/mol. The molecule has 4 aromatic rings. The number of nitrogens with zero attached hydrogens (tertiary/aromatic N) is 2. The number of benzene rings is 4. The molecule has 1 aliphatic rings. The van der Waals surface area contributed by atoms with Crippen LogP contribution in [0.15, 0.2) is 71.2 Å². The Kier molecular flexibility index (Phi) is 4.87. The lowest BCUT2D eigenvalue weighted by Gasteiger charge is -2.28. The second kappa shape index (κ2) is 7.64. The highest BCUT2D eigenvalue weighted by Crippen LogP contribution is 2.44. The largest absolute Gasteiger partial charge is 0.278 e.